The number of Topliss-reactive ketones (excluding diaryl/α,β-unsaturated/α-hetero) is 1. The van der Waals surface area contributed by atoms with Crippen LogP contribution in [0.1, 0.15) is 23.2 Å². The van der Waals surface area contributed by atoms with Crippen molar-refractivity contribution < 1.29 is 9.59 Å². The Kier molecular flexibility index (Phi) is 4.98. The molecule has 1 amide bonds. The van der Waals surface area contributed by atoms with E-state index in [1.165, 1.54) is 30.9 Å². The zero-order valence-corrected chi connectivity index (χ0v) is 14.9. The summed E-state index contributed by atoms with van der Waals surface area (Å²) in [6.07, 6.45) is 1.46. The number of amides is 1. The Bertz CT molecular complexity index is 1150. The summed E-state index contributed by atoms with van der Waals surface area (Å²) in [6.45, 7) is 0. The van der Waals surface area contributed by atoms with Gasteiger partial charge in [-0.2, -0.15) is 0 Å². The summed E-state index contributed by atoms with van der Waals surface area (Å²) in [5.41, 5.74) is 0.157. The molecule has 0 atom stereocenters. The van der Waals surface area contributed by atoms with E-state index in [9.17, 15) is 19.2 Å². The van der Waals surface area contributed by atoms with Gasteiger partial charge >= 0.3 is 5.69 Å². The second kappa shape index (κ2) is 7.36. The molecule has 0 unspecified atom stereocenters. The molecule has 0 radical (unpaired) electrons. The van der Waals surface area contributed by atoms with Crippen molar-refractivity contribution >= 4 is 28.4 Å². The number of hydrogen-bond donors (Lipinski definition) is 1. The van der Waals surface area contributed by atoms with E-state index in [0.717, 1.165) is 4.57 Å². The lowest BCUT2D eigenvalue weighted by Crippen LogP contribution is -2.37. The Hall–Kier alpha value is -3.55. The van der Waals surface area contributed by atoms with Crippen LogP contribution in [-0.4, -0.2) is 25.8 Å². The number of carbonyl (C=O) groups excluding carboxylic acids is 2. The number of nitrogens with one attached hydrogen (secondary N) is 1. The maximum absolute atomic E-state index is 12.3. The third-order valence-corrected chi connectivity index (χ3v) is 4.25. The van der Waals surface area contributed by atoms with Crippen LogP contribution in [0.2, 0.25) is 0 Å². The Balaban J connectivity index is 1.75. The Labute approximate surface area is 154 Å². The summed E-state index contributed by atoms with van der Waals surface area (Å²) in [5, 5.41) is 2.85. The zero-order chi connectivity index (χ0) is 19.6. The summed E-state index contributed by atoms with van der Waals surface area (Å²) in [7, 11) is 2.90. The van der Waals surface area contributed by atoms with Crippen LogP contribution in [0.15, 0.2) is 52.2 Å². The van der Waals surface area contributed by atoms with E-state index in [-0.39, 0.29) is 35.6 Å². The van der Waals surface area contributed by atoms with E-state index in [1.807, 2.05) is 6.07 Å². The van der Waals surface area contributed by atoms with Crippen LogP contribution in [0.4, 0.5) is 5.69 Å². The van der Waals surface area contributed by atoms with E-state index >= 15 is 0 Å². The monoisotopic (exact) mass is 366 g/mol. The number of benzene rings is 1. The molecule has 1 N–H and O–H groups in total. The fourth-order valence-corrected chi connectivity index (χ4v) is 2.75. The van der Waals surface area contributed by atoms with E-state index in [2.05, 4.69) is 10.3 Å². The molecule has 8 nitrogen and oxygen atoms in total. The standard InChI is InChI=1S/C19H18N4O4/c1-22-17-14(18(26)23(2)19(22)27)10-13(11-20-17)21-16(25)9-8-15(24)12-6-4-3-5-7-12/h3-7,10-11H,8-9H2,1-2H3,(H,21,25). The van der Waals surface area contributed by atoms with Gasteiger partial charge in [0, 0.05) is 32.5 Å². The number of aryl methyl sites for hydroxylation is 1. The van der Waals surface area contributed by atoms with Crippen LogP contribution in [0.25, 0.3) is 11.0 Å². The van der Waals surface area contributed by atoms with Gasteiger partial charge < -0.3 is 5.32 Å². The van der Waals surface area contributed by atoms with Crippen molar-refractivity contribution in [3.05, 3.63) is 69.0 Å². The summed E-state index contributed by atoms with van der Waals surface area (Å²) in [4.78, 5) is 52.5. The van der Waals surface area contributed by atoms with Gasteiger partial charge in [-0.05, 0) is 6.07 Å². The lowest BCUT2D eigenvalue weighted by molar-refractivity contribution is -0.116. The summed E-state index contributed by atoms with van der Waals surface area (Å²) in [5.74, 6) is -0.478. The second-order valence-corrected chi connectivity index (χ2v) is 6.14. The van der Waals surface area contributed by atoms with Gasteiger partial charge in [-0.1, -0.05) is 30.3 Å². The van der Waals surface area contributed by atoms with Crippen LogP contribution < -0.4 is 16.6 Å². The number of nitrogens with zero attached hydrogens (tertiary/aromatic N) is 3. The van der Waals surface area contributed by atoms with E-state index < -0.39 is 11.2 Å². The van der Waals surface area contributed by atoms with E-state index in [4.69, 9.17) is 0 Å². The van der Waals surface area contributed by atoms with Crippen molar-refractivity contribution in [2.24, 2.45) is 14.1 Å². The number of ketones is 1. The van der Waals surface area contributed by atoms with Gasteiger partial charge in [0.1, 0.15) is 5.65 Å². The molecule has 0 aliphatic heterocycles. The van der Waals surface area contributed by atoms with Crippen LogP contribution >= 0.6 is 0 Å². The summed E-state index contributed by atoms with van der Waals surface area (Å²) < 4.78 is 2.25. The minimum Gasteiger partial charge on any atom is -0.325 e. The van der Waals surface area contributed by atoms with Gasteiger partial charge in [-0.25, -0.2) is 9.78 Å². The highest BCUT2D eigenvalue weighted by molar-refractivity contribution is 6.00. The molecule has 0 saturated carbocycles. The summed E-state index contributed by atoms with van der Waals surface area (Å²) in [6, 6.07) is 10.2. The molecule has 0 saturated heterocycles. The van der Waals surface area contributed by atoms with Crippen molar-refractivity contribution in [3.8, 4) is 0 Å². The average Bonchev–Trinajstić information content (AvgIpc) is 2.69. The van der Waals surface area contributed by atoms with Gasteiger partial charge in [0.25, 0.3) is 5.56 Å². The first-order valence-electron chi connectivity index (χ1n) is 8.32. The second-order valence-electron chi connectivity index (χ2n) is 6.14. The van der Waals surface area contributed by atoms with Gasteiger partial charge in [0.2, 0.25) is 5.91 Å². The quantitative estimate of drug-likeness (QED) is 0.684. The Morgan fingerprint density at radius 3 is 2.44 bits per heavy atom. The van der Waals surface area contributed by atoms with Crippen molar-refractivity contribution in [1.82, 2.24) is 14.1 Å². The van der Waals surface area contributed by atoms with Crippen molar-refractivity contribution in [2.45, 2.75) is 12.8 Å². The smallest absolute Gasteiger partial charge is 0.325 e. The van der Waals surface area contributed by atoms with E-state index in [0.29, 0.717) is 11.3 Å². The maximum atomic E-state index is 12.3. The molecule has 0 spiro atoms. The average molecular weight is 366 g/mol. The van der Waals surface area contributed by atoms with Gasteiger partial charge in [-0.3, -0.25) is 23.5 Å². The number of rotatable bonds is 5. The molecule has 138 valence electrons. The van der Waals surface area contributed by atoms with Crippen LogP contribution in [0.5, 0.6) is 0 Å². The molecule has 2 heterocycles. The Morgan fingerprint density at radius 1 is 1.04 bits per heavy atom. The topological polar surface area (TPSA) is 103 Å². The molecule has 3 aromatic rings. The number of hydrogen-bond acceptors (Lipinski definition) is 5. The number of carbonyl (C=O) groups is 2. The first-order chi connectivity index (χ1) is 12.9. The van der Waals surface area contributed by atoms with Crippen LogP contribution in [0.3, 0.4) is 0 Å². The van der Waals surface area contributed by atoms with Crippen molar-refractivity contribution in [1.29, 1.82) is 0 Å². The van der Waals surface area contributed by atoms with Gasteiger partial charge in [-0.15, -0.1) is 0 Å². The minimum absolute atomic E-state index is 0.0110. The maximum Gasteiger partial charge on any atom is 0.332 e. The predicted octanol–water partition coefficient (Wildman–Crippen LogP) is 1.23. The molecular formula is C19H18N4O4. The van der Waals surface area contributed by atoms with Crippen molar-refractivity contribution in [3.63, 3.8) is 0 Å². The fourth-order valence-electron chi connectivity index (χ4n) is 2.75. The molecule has 2 aromatic heterocycles. The molecule has 0 bridgehead atoms. The highest BCUT2D eigenvalue weighted by Gasteiger charge is 2.13. The molecule has 0 aliphatic carbocycles. The lowest BCUT2D eigenvalue weighted by Gasteiger charge is -2.09. The fraction of sp³-hybridized carbons (Fsp3) is 0.211. The number of fused-ring (bicyclic) bond motifs is 1. The lowest BCUT2D eigenvalue weighted by atomic mass is 10.1. The Morgan fingerprint density at radius 2 is 1.74 bits per heavy atom. The highest BCUT2D eigenvalue weighted by atomic mass is 16.2. The van der Waals surface area contributed by atoms with E-state index in [1.54, 1.807) is 24.3 Å². The normalized spacial score (nSPS) is 10.7. The molecule has 0 aliphatic rings. The minimum atomic E-state index is -0.490. The largest absolute Gasteiger partial charge is 0.332 e. The van der Waals surface area contributed by atoms with Crippen LogP contribution in [-0.2, 0) is 18.9 Å². The molecular weight excluding hydrogens is 348 g/mol. The third-order valence-electron chi connectivity index (χ3n) is 4.25. The predicted molar refractivity (Wildman–Crippen MR) is 101 cm³/mol. The molecule has 1 aromatic carbocycles. The number of pyridine rings is 1. The summed E-state index contributed by atoms with van der Waals surface area (Å²) >= 11 is 0. The third kappa shape index (κ3) is 3.69. The number of aromatic nitrogens is 3. The van der Waals surface area contributed by atoms with Gasteiger partial charge in [0.05, 0.1) is 17.3 Å². The van der Waals surface area contributed by atoms with Crippen LogP contribution in [0, 0.1) is 0 Å². The van der Waals surface area contributed by atoms with Crippen molar-refractivity contribution in [2.75, 3.05) is 5.32 Å². The zero-order valence-electron chi connectivity index (χ0n) is 14.9. The SMILES string of the molecule is Cn1c(=O)c2cc(NC(=O)CCC(=O)c3ccccc3)cnc2n(C)c1=O. The first kappa shape index (κ1) is 18.2. The molecule has 27 heavy (non-hydrogen) atoms. The number of anilines is 1. The first-order valence-corrected chi connectivity index (χ1v) is 8.32. The molecule has 0 fully saturated rings. The highest BCUT2D eigenvalue weighted by Crippen LogP contribution is 2.13. The van der Waals surface area contributed by atoms with Gasteiger partial charge in [0.15, 0.2) is 5.78 Å². The molecule has 8 heteroatoms. The molecule has 3 rings (SSSR count).